The second-order valence-corrected chi connectivity index (χ2v) is 1.62. The number of aromatic amines is 3. The zero-order valence-corrected chi connectivity index (χ0v) is 4.73. The average Bonchev–Trinajstić information content (AvgIpc) is 1.59. The Balaban J connectivity index is 3.17. The minimum Gasteiger partial charge on any atom is -0.322 e. The fourth-order valence-corrected chi connectivity index (χ4v) is 0.529. The smallest absolute Gasteiger partial charge is 0.322 e. The largest absolute Gasteiger partial charge is 0.498 e. The third-order valence-corrected chi connectivity index (χ3v) is 0.808. The Morgan fingerprint density at radius 3 is 1.11 bits per heavy atom. The molecule has 0 spiro atoms. The molecule has 9 heavy (non-hydrogen) atoms. The lowest BCUT2D eigenvalue weighted by Gasteiger charge is -1.79. The highest BCUT2D eigenvalue weighted by Crippen LogP contribution is 1.76. The van der Waals surface area contributed by atoms with Gasteiger partial charge in [0.15, 0.2) is 0 Å². The summed E-state index contributed by atoms with van der Waals surface area (Å²) >= 11 is 0. The van der Waals surface area contributed by atoms with Gasteiger partial charge in [0.25, 0.3) is 0 Å². The molecule has 0 aliphatic carbocycles. The lowest BCUT2D eigenvalue weighted by molar-refractivity contribution is -0.606. The summed E-state index contributed by atoms with van der Waals surface area (Å²) in [6.07, 6.45) is 0. The molecule has 0 fully saturated rings. The predicted molar refractivity (Wildman–Crippen MR) is 29.3 cm³/mol. The molecule has 1 rings (SSSR count). The minimum atomic E-state index is 0.323. The second kappa shape index (κ2) is 1.73. The predicted octanol–water partition coefficient (Wildman–Crippen LogP) is -3.12. The van der Waals surface area contributed by atoms with Gasteiger partial charge in [-0.1, -0.05) is 0 Å². The van der Waals surface area contributed by atoms with E-state index in [1.165, 1.54) is 0 Å². The molecule has 0 atom stereocenters. The van der Waals surface area contributed by atoms with Gasteiger partial charge in [-0.25, -0.2) is 11.5 Å². The highest BCUT2D eigenvalue weighted by Gasteiger charge is 2.10. The van der Waals surface area contributed by atoms with Gasteiger partial charge in [0.2, 0.25) is 0 Å². The lowest BCUT2D eigenvalue weighted by atomic mass is 10.9. The summed E-state index contributed by atoms with van der Waals surface area (Å²) in [6.45, 7) is 0. The quantitative estimate of drug-likeness (QED) is 0.343. The van der Waals surface area contributed by atoms with Crippen LogP contribution in [0.15, 0.2) is 0 Å². The van der Waals surface area contributed by atoms with Crippen LogP contribution < -0.4 is 32.2 Å². The van der Waals surface area contributed by atoms with E-state index in [1.807, 2.05) is 0 Å². The zero-order chi connectivity index (χ0) is 6.85. The van der Waals surface area contributed by atoms with Crippen molar-refractivity contribution >= 4 is 17.8 Å². The Kier molecular flexibility index (Phi) is 1.07. The van der Waals surface area contributed by atoms with E-state index in [0.29, 0.717) is 17.8 Å². The first kappa shape index (κ1) is 5.54. The van der Waals surface area contributed by atoms with Gasteiger partial charge in [0.1, 0.15) is 0 Å². The Bertz CT molecular complexity index is 169. The van der Waals surface area contributed by atoms with Crippen LogP contribution in [0.5, 0.6) is 0 Å². The number of nitrogens with two attached hydrogens (primary N) is 3. The molecule has 0 aliphatic heterocycles. The first-order chi connectivity index (χ1) is 4.18. The number of anilines is 3. The molecule has 0 aliphatic rings. The molecule has 1 aromatic heterocycles. The van der Waals surface area contributed by atoms with Crippen LogP contribution in [-0.2, 0) is 0 Å². The molecule has 0 amide bonds. The standard InChI is InChI=1S/C3H6N6/c4-1-7-2(5)9-3(6)8-1/h(H6,4,5,6,7,8,9)/p+3. The Morgan fingerprint density at radius 2 is 0.889 bits per heavy atom. The van der Waals surface area contributed by atoms with E-state index in [9.17, 15) is 0 Å². The summed E-state index contributed by atoms with van der Waals surface area (Å²) in [5, 5.41) is 0. The fourth-order valence-electron chi connectivity index (χ4n) is 0.529. The molecule has 0 bridgehead atoms. The van der Waals surface area contributed by atoms with E-state index < -0.39 is 0 Å². The fraction of sp³-hybridized carbons (Fsp3) is 0. The zero-order valence-electron chi connectivity index (χ0n) is 4.73. The molecule has 1 heterocycles. The van der Waals surface area contributed by atoms with Crippen molar-refractivity contribution in [1.82, 2.24) is 0 Å². The van der Waals surface area contributed by atoms with E-state index in [-0.39, 0.29) is 0 Å². The number of nitrogens with one attached hydrogen (secondary N) is 3. The maximum Gasteiger partial charge on any atom is 0.498 e. The van der Waals surface area contributed by atoms with Crippen LogP contribution in [0.4, 0.5) is 17.8 Å². The van der Waals surface area contributed by atoms with E-state index in [4.69, 9.17) is 17.2 Å². The summed E-state index contributed by atoms with van der Waals surface area (Å²) in [5.41, 5.74) is 15.8. The Labute approximate surface area is 51.1 Å². The van der Waals surface area contributed by atoms with Crippen molar-refractivity contribution < 1.29 is 15.0 Å². The summed E-state index contributed by atoms with van der Waals surface area (Å²) in [6, 6.07) is 0. The molecule has 6 nitrogen and oxygen atoms in total. The van der Waals surface area contributed by atoms with Gasteiger partial charge in [0, 0.05) is 0 Å². The van der Waals surface area contributed by atoms with Crippen molar-refractivity contribution in [2.75, 3.05) is 17.2 Å². The van der Waals surface area contributed by atoms with Gasteiger partial charge < -0.3 is 5.73 Å². The van der Waals surface area contributed by atoms with Gasteiger partial charge in [-0.2, -0.15) is 0 Å². The van der Waals surface area contributed by atoms with Crippen LogP contribution in [0.1, 0.15) is 0 Å². The maximum absolute atomic E-state index is 5.27. The highest BCUT2D eigenvalue weighted by molar-refractivity contribution is 5.05. The second-order valence-electron chi connectivity index (χ2n) is 1.62. The van der Waals surface area contributed by atoms with Crippen molar-refractivity contribution in [3.63, 3.8) is 0 Å². The van der Waals surface area contributed by atoms with Crippen molar-refractivity contribution in [3.8, 4) is 0 Å². The molecule has 0 saturated heterocycles. The summed E-state index contributed by atoms with van der Waals surface area (Å²) in [7, 11) is 0. The summed E-state index contributed by atoms with van der Waals surface area (Å²) in [4.78, 5) is 7.73. The number of hydrogen-bond acceptors (Lipinski definition) is 3. The summed E-state index contributed by atoms with van der Waals surface area (Å²) in [5.74, 6) is 0.969. The first-order valence-electron chi connectivity index (χ1n) is 2.37. The molecule has 0 unspecified atom stereocenters. The molecule has 6 heteroatoms. The normalized spacial score (nSPS) is 9.33. The number of H-pyrrole nitrogens is 3. The SMILES string of the molecule is Nc1[nH+]c(N)[nH+]c(N)[nH+]1. The topological polar surface area (TPSA) is 120 Å². The van der Waals surface area contributed by atoms with Crippen LogP contribution in [0, 0.1) is 0 Å². The first-order valence-corrected chi connectivity index (χ1v) is 2.37. The molecule has 1 aromatic rings. The molecule has 0 saturated carbocycles. The van der Waals surface area contributed by atoms with Crippen LogP contribution >= 0.6 is 0 Å². The van der Waals surface area contributed by atoms with Gasteiger partial charge in [-0.15, -0.1) is 15.0 Å². The number of rotatable bonds is 0. The van der Waals surface area contributed by atoms with Crippen LogP contribution in [-0.4, -0.2) is 0 Å². The highest BCUT2D eigenvalue weighted by atomic mass is 15.2. The van der Waals surface area contributed by atoms with Gasteiger partial charge in [-0.3, -0.25) is 0 Å². The van der Waals surface area contributed by atoms with Crippen molar-refractivity contribution in [3.05, 3.63) is 0 Å². The van der Waals surface area contributed by atoms with E-state index in [0.717, 1.165) is 0 Å². The lowest BCUT2D eigenvalue weighted by Crippen LogP contribution is -2.38. The van der Waals surface area contributed by atoms with E-state index >= 15 is 0 Å². The monoisotopic (exact) mass is 129 g/mol. The van der Waals surface area contributed by atoms with Crippen molar-refractivity contribution in [2.24, 2.45) is 0 Å². The van der Waals surface area contributed by atoms with Crippen LogP contribution in [0.25, 0.3) is 0 Å². The molecule has 0 radical (unpaired) electrons. The molecular formula is C3H9N6+3. The third kappa shape index (κ3) is 1.15. The maximum atomic E-state index is 5.27. The van der Waals surface area contributed by atoms with Gasteiger partial charge >= 0.3 is 17.8 Å². The molecule has 0 aromatic carbocycles. The molecule has 9 N–H and O–H groups in total. The van der Waals surface area contributed by atoms with Crippen molar-refractivity contribution in [1.29, 1.82) is 0 Å². The molecule has 48 valence electrons. The average molecular weight is 129 g/mol. The Morgan fingerprint density at radius 1 is 0.667 bits per heavy atom. The minimum absolute atomic E-state index is 0.323. The molecular weight excluding hydrogens is 120 g/mol. The third-order valence-electron chi connectivity index (χ3n) is 0.808. The summed E-state index contributed by atoms with van der Waals surface area (Å²) < 4.78 is 0. The number of nitrogen functional groups attached to an aromatic ring is 3. The van der Waals surface area contributed by atoms with Crippen molar-refractivity contribution in [2.45, 2.75) is 0 Å². The van der Waals surface area contributed by atoms with Crippen LogP contribution in [0.2, 0.25) is 0 Å². The number of hydrogen-bond donors (Lipinski definition) is 3. The van der Waals surface area contributed by atoms with Gasteiger partial charge in [0.05, 0.1) is 0 Å². The van der Waals surface area contributed by atoms with E-state index in [1.54, 1.807) is 0 Å². The van der Waals surface area contributed by atoms with Gasteiger partial charge in [-0.05, 0) is 0 Å². The number of aromatic nitrogens is 3. The Hall–Kier alpha value is -1.59. The van der Waals surface area contributed by atoms with E-state index in [2.05, 4.69) is 15.0 Å². The van der Waals surface area contributed by atoms with Crippen LogP contribution in [0.3, 0.4) is 0 Å².